The Morgan fingerprint density at radius 2 is 1.93 bits per heavy atom. The molecule has 0 aromatic carbocycles. The molecular weight excluding hydrogens is 168 g/mol. The predicted octanol–water partition coefficient (Wildman–Crippen LogP) is 4.84. The average Bonchev–Trinajstić information content (AvgIpc) is 2.18. The van der Waals surface area contributed by atoms with Gasteiger partial charge in [0.25, 0.3) is 0 Å². The monoisotopic (exact) mass is 195 g/mol. The molecule has 1 saturated carbocycles. The zero-order chi connectivity index (χ0) is 10.6. The first-order valence-corrected chi connectivity index (χ1v) is 6.46. The van der Waals surface area contributed by atoms with E-state index in [-0.39, 0.29) is 0 Å². The van der Waals surface area contributed by atoms with Crippen LogP contribution in [0.2, 0.25) is 0 Å². The minimum absolute atomic E-state index is 0.680. The van der Waals surface area contributed by atoms with Crippen LogP contribution < -0.4 is 0 Å². The van der Waals surface area contributed by atoms with Crippen LogP contribution in [-0.4, -0.2) is 0 Å². The van der Waals surface area contributed by atoms with Crippen LogP contribution in [0.15, 0.2) is 0 Å². The quantitative estimate of drug-likeness (QED) is 0.602. The largest absolute Gasteiger partial charge is 0.0648 e. The van der Waals surface area contributed by atoms with Crippen LogP contribution in [0.4, 0.5) is 0 Å². The third kappa shape index (κ3) is 2.52. The Kier molecular flexibility index (Phi) is 4.47. The first-order valence-electron chi connectivity index (χ1n) is 6.46. The zero-order valence-corrected chi connectivity index (χ0v) is 10.5. The molecule has 83 valence electrons. The van der Waals surface area contributed by atoms with Gasteiger partial charge in [-0.05, 0) is 49.4 Å². The summed E-state index contributed by atoms with van der Waals surface area (Å²) in [6.07, 6.45) is 10.9. The molecular formula is C14H27. The van der Waals surface area contributed by atoms with E-state index in [4.69, 9.17) is 0 Å². The Labute approximate surface area is 90.5 Å². The summed E-state index contributed by atoms with van der Waals surface area (Å²) in [6.45, 7) is 9.51. The fourth-order valence-electron chi connectivity index (χ4n) is 3.26. The minimum atomic E-state index is 0.680. The van der Waals surface area contributed by atoms with Crippen molar-refractivity contribution in [2.45, 2.75) is 66.2 Å². The molecule has 0 spiro atoms. The molecule has 0 nitrogen and oxygen atoms in total. The lowest BCUT2D eigenvalue weighted by Crippen LogP contribution is -2.33. The lowest BCUT2D eigenvalue weighted by atomic mass is 9.61. The van der Waals surface area contributed by atoms with Gasteiger partial charge in [-0.1, -0.05) is 40.5 Å². The second-order valence-corrected chi connectivity index (χ2v) is 5.46. The Bertz CT molecular complexity index is 153. The summed E-state index contributed by atoms with van der Waals surface area (Å²) in [5, 5.41) is 0. The zero-order valence-electron chi connectivity index (χ0n) is 10.5. The maximum absolute atomic E-state index is 2.52. The molecule has 1 fully saturated rings. The van der Waals surface area contributed by atoms with E-state index in [0.29, 0.717) is 5.41 Å². The van der Waals surface area contributed by atoms with E-state index in [1.54, 1.807) is 0 Å². The van der Waals surface area contributed by atoms with Crippen molar-refractivity contribution in [1.29, 1.82) is 0 Å². The molecule has 0 N–H and O–H groups in total. The molecule has 1 aliphatic rings. The van der Waals surface area contributed by atoms with Crippen LogP contribution >= 0.6 is 0 Å². The highest BCUT2D eigenvalue weighted by Gasteiger charge is 2.37. The molecule has 0 bridgehead atoms. The molecule has 0 heterocycles. The molecule has 0 aromatic heterocycles. The van der Waals surface area contributed by atoms with Gasteiger partial charge in [0.15, 0.2) is 0 Å². The third-order valence-electron chi connectivity index (χ3n) is 4.33. The summed E-state index contributed by atoms with van der Waals surface area (Å²) < 4.78 is 0. The highest BCUT2D eigenvalue weighted by atomic mass is 14.4. The lowest BCUT2D eigenvalue weighted by molar-refractivity contribution is 0.0856. The van der Waals surface area contributed by atoms with Crippen molar-refractivity contribution >= 4 is 0 Å². The maximum Gasteiger partial charge on any atom is -0.0274 e. The van der Waals surface area contributed by atoms with Crippen molar-refractivity contribution in [2.24, 2.45) is 17.3 Å². The number of rotatable bonds is 4. The van der Waals surface area contributed by atoms with Crippen molar-refractivity contribution in [1.82, 2.24) is 0 Å². The molecule has 1 unspecified atom stereocenters. The van der Waals surface area contributed by atoms with Gasteiger partial charge in [-0.15, -0.1) is 0 Å². The van der Waals surface area contributed by atoms with Gasteiger partial charge < -0.3 is 0 Å². The fraction of sp³-hybridized carbons (Fsp3) is 0.929. The van der Waals surface area contributed by atoms with Gasteiger partial charge in [0.05, 0.1) is 0 Å². The molecule has 1 atom stereocenters. The molecule has 0 saturated heterocycles. The van der Waals surface area contributed by atoms with Crippen LogP contribution in [0.1, 0.15) is 66.2 Å². The summed E-state index contributed by atoms with van der Waals surface area (Å²) in [6, 6.07) is 0. The van der Waals surface area contributed by atoms with Gasteiger partial charge in [-0.25, -0.2) is 0 Å². The highest BCUT2D eigenvalue weighted by molar-refractivity contribution is 4.93. The average molecular weight is 195 g/mol. The summed E-state index contributed by atoms with van der Waals surface area (Å²) >= 11 is 0. The second-order valence-electron chi connectivity index (χ2n) is 5.46. The van der Waals surface area contributed by atoms with E-state index in [1.165, 1.54) is 38.5 Å². The maximum atomic E-state index is 2.52. The van der Waals surface area contributed by atoms with Gasteiger partial charge >= 0.3 is 0 Å². The standard InChI is InChI=1S/C14H27/c1-5-14(6-2)10-8-7-9-13(14)11-12(3)4/h7,12-13H,5-6,8-11H2,1-4H3. The summed E-state index contributed by atoms with van der Waals surface area (Å²) in [5.41, 5.74) is 0.680. The summed E-state index contributed by atoms with van der Waals surface area (Å²) in [7, 11) is 0. The lowest BCUT2D eigenvalue weighted by Gasteiger charge is -2.44. The SMILES string of the molecule is CCC1(CC)CC[CH]CC1CC(C)C. The molecule has 0 amide bonds. The van der Waals surface area contributed by atoms with Gasteiger partial charge in [0.1, 0.15) is 0 Å². The minimum Gasteiger partial charge on any atom is -0.0648 e. The van der Waals surface area contributed by atoms with E-state index in [2.05, 4.69) is 34.1 Å². The molecule has 14 heavy (non-hydrogen) atoms. The van der Waals surface area contributed by atoms with Crippen molar-refractivity contribution in [2.75, 3.05) is 0 Å². The van der Waals surface area contributed by atoms with Crippen LogP contribution in [-0.2, 0) is 0 Å². The van der Waals surface area contributed by atoms with Crippen LogP contribution in [0.3, 0.4) is 0 Å². The van der Waals surface area contributed by atoms with Crippen LogP contribution in [0, 0.1) is 23.7 Å². The van der Waals surface area contributed by atoms with E-state index < -0.39 is 0 Å². The third-order valence-corrected chi connectivity index (χ3v) is 4.33. The summed E-state index contributed by atoms with van der Waals surface area (Å²) in [4.78, 5) is 0. The molecule has 1 rings (SSSR count). The number of hydrogen-bond acceptors (Lipinski definition) is 0. The second kappa shape index (κ2) is 5.19. The topological polar surface area (TPSA) is 0 Å². The molecule has 0 aromatic rings. The fourth-order valence-corrected chi connectivity index (χ4v) is 3.26. The van der Waals surface area contributed by atoms with E-state index in [0.717, 1.165) is 11.8 Å². The van der Waals surface area contributed by atoms with Gasteiger partial charge in [0, 0.05) is 0 Å². The Balaban J connectivity index is 2.66. The highest BCUT2D eigenvalue weighted by Crippen LogP contribution is 2.48. The Morgan fingerprint density at radius 1 is 1.29 bits per heavy atom. The van der Waals surface area contributed by atoms with E-state index in [9.17, 15) is 0 Å². The van der Waals surface area contributed by atoms with Crippen LogP contribution in [0.5, 0.6) is 0 Å². The predicted molar refractivity (Wildman–Crippen MR) is 64.1 cm³/mol. The van der Waals surface area contributed by atoms with Crippen molar-refractivity contribution in [3.8, 4) is 0 Å². The van der Waals surface area contributed by atoms with E-state index in [1.807, 2.05) is 0 Å². The molecule has 0 heteroatoms. The van der Waals surface area contributed by atoms with E-state index >= 15 is 0 Å². The normalized spacial score (nSPS) is 26.8. The summed E-state index contributed by atoms with van der Waals surface area (Å²) in [5.74, 6) is 1.83. The van der Waals surface area contributed by atoms with Crippen LogP contribution in [0.25, 0.3) is 0 Å². The first-order chi connectivity index (χ1) is 6.64. The van der Waals surface area contributed by atoms with Gasteiger partial charge in [-0.2, -0.15) is 0 Å². The van der Waals surface area contributed by atoms with Crippen molar-refractivity contribution < 1.29 is 0 Å². The van der Waals surface area contributed by atoms with Gasteiger partial charge in [-0.3, -0.25) is 0 Å². The first kappa shape index (κ1) is 12.1. The Morgan fingerprint density at radius 3 is 2.43 bits per heavy atom. The van der Waals surface area contributed by atoms with Crippen molar-refractivity contribution in [3.63, 3.8) is 0 Å². The Hall–Kier alpha value is 0. The molecule has 1 aliphatic carbocycles. The molecule has 0 aliphatic heterocycles. The van der Waals surface area contributed by atoms with Crippen molar-refractivity contribution in [3.05, 3.63) is 6.42 Å². The smallest absolute Gasteiger partial charge is 0.0274 e. The van der Waals surface area contributed by atoms with Gasteiger partial charge in [0.2, 0.25) is 0 Å². The molecule has 1 radical (unpaired) electrons. The number of hydrogen-bond donors (Lipinski definition) is 0.